The van der Waals surface area contributed by atoms with Crippen LogP contribution in [0.3, 0.4) is 0 Å². The Morgan fingerprint density at radius 3 is 2.38 bits per heavy atom. The molecule has 1 aliphatic heterocycles. The topological polar surface area (TPSA) is 139 Å². The highest BCUT2D eigenvalue weighted by Crippen LogP contribution is 2.33. The number of benzene rings is 1. The van der Waals surface area contributed by atoms with E-state index in [0.717, 1.165) is 0 Å². The molecule has 3 heterocycles. The van der Waals surface area contributed by atoms with E-state index in [1.807, 2.05) is 0 Å². The summed E-state index contributed by atoms with van der Waals surface area (Å²) in [4.78, 5) is 47.9. The molecule has 1 aromatic carbocycles. The van der Waals surface area contributed by atoms with Gasteiger partial charge in [-0.2, -0.15) is 13.2 Å². The Hall–Kier alpha value is -4.20. The number of aryl methyl sites for hydroxylation is 2. The maximum atomic E-state index is 13.3. The number of nitrogens with one attached hydrogen (secondary N) is 2. The molecule has 0 aliphatic carbocycles. The number of likely N-dealkylation sites (tertiary alicyclic amines) is 1. The number of ether oxygens (including phenoxy) is 1. The van der Waals surface area contributed by atoms with Crippen LogP contribution in [-0.4, -0.2) is 80.8 Å². The molecule has 0 atom stereocenters. The molecule has 11 nitrogen and oxygen atoms in total. The van der Waals surface area contributed by atoms with Crippen molar-refractivity contribution in [2.24, 2.45) is 7.05 Å². The molecule has 3 amide bonds. The second-order valence-corrected chi connectivity index (χ2v) is 9.08. The number of aromatic nitrogens is 3. The summed E-state index contributed by atoms with van der Waals surface area (Å²) in [6.45, 7) is -0.0970. The maximum absolute atomic E-state index is 13.3. The first-order chi connectivity index (χ1) is 18.5. The number of hydrogen-bond donors (Lipinski definition) is 3. The Morgan fingerprint density at radius 2 is 1.77 bits per heavy atom. The number of amides is 3. The van der Waals surface area contributed by atoms with Crippen molar-refractivity contribution >= 4 is 34.7 Å². The average molecular weight is 549 g/mol. The van der Waals surface area contributed by atoms with Crippen LogP contribution in [0.25, 0.3) is 11.2 Å². The van der Waals surface area contributed by atoms with E-state index in [1.54, 1.807) is 37.3 Å². The molecule has 1 aliphatic rings. The van der Waals surface area contributed by atoms with E-state index >= 15 is 0 Å². The normalized spacial score (nSPS) is 14.4. The van der Waals surface area contributed by atoms with Gasteiger partial charge in [0.1, 0.15) is 6.61 Å². The molecule has 14 heteroatoms. The van der Waals surface area contributed by atoms with Crippen LogP contribution in [0.2, 0.25) is 0 Å². The summed E-state index contributed by atoms with van der Waals surface area (Å²) in [5.74, 6) is -2.03. The van der Waals surface area contributed by atoms with Gasteiger partial charge in [-0.25, -0.2) is 9.97 Å². The van der Waals surface area contributed by atoms with Crippen LogP contribution < -0.4 is 15.4 Å². The lowest BCUT2D eigenvalue weighted by molar-refractivity contribution is -0.153. The highest BCUT2D eigenvalue weighted by atomic mass is 19.4. The second kappa shape index (κ2) is 11.3. The fourth-order valence-corrected chi connectivity index (χ4v) is 4.32. The minimum atomic E-state index is -4.69. The highest BCUT2D eigenvalue weighted by molar-refractivity contribution is 6.05. The van der Waals surface area contributed by atoms with Crippen LogP contribution in [0.15, 0.2) is 30.3 Å². The summed E-state index contributed by atoms with van der Waals surface area (Å²) >= 11 is 0. The van der Waals surface area contributed by atoms with Gasteiger partial charge < -0.3 is 29.9 Å². The molecule has 2 aromatic heterocycles. The summed E-state index contributed by atoms with van der Waals surface area (Å²) in [5.41, 5.74) is 0.379. The van der Waals surface area contributed by atoms with E-state index in [2.05, 4.69) is 20.6 Å². The molecule has 4 rings (SSSR count). The number of halogens is 3. The molecule has 0 unspecified atom stereocenters. The van der Waals surface area contributed by atoms with Gasteiger partial charge in [-0.05, 0) is 31.9 Å². The molecule has 3 N–H and O–H groups in total. The Morgan fingerprint density at radius 1 is 1.10 bits per heavy atom. The Labute approximate surface area is 221 Å². The SMILES string of the molecule is Cc1nc2c(nc1NC(=O)c1ccccc1)c(OCC(F)(F)F)c(C(=O)NC1CCN(C(=O)CO)CC1)n2C. The van der Waals surface area contributed by atoms with Crippen molar-refractivity contribution < 1.29 is 37.4 Å². The predicted octanol–water partition coefficient (Wildman–Crippen LogP) is 2.18. The fourth-order valence-electron chi connectivity index (χ4n) is 4.32. The van der Waals surface area contributed by atoms with E-state index in [9.17, 15) is 27.6 Å². The number of hydrogen-bond acceptors (Lipinski definition) is 7. The minimum Gasteiger partial charge on any atom is -0.479 e. The molecule has 3 aromatic rings. The first kappa shape index (κ1) is 27.8. The van der Waals surface area contributed by atoms with Crippen LogP contribution in [0.4, 0.5) is 19.0 Å². The molecule has 39 heavy (non-hydrogen) atoms. The number of carbonyl (C=O) groups is 3. The fraction of sp³-hybridized carbons (Fsp3) is 0.400. The smallest absolute Gasteiger partial charge is 0.422 e. The van der Waals surface area contributed by atoms with E-state index in [1.165, 1.54) is 16.5 Å². The highest BCUT2D eigenvalue weighted by Gasteiger charge is 2.33. The lowest BCUT2D eigenvalue weighted by Gasteiger charge is -2.32. The molecular formula is C25H27F3N6O5. The van der Waals surface area contributed by atoms with E-state index in [4.69, 9.17) is 9.84 Å². The third-order valence-corrected chi connectivity index (χ3v) is 6.32. The van der Waals surface area contributed by atoms with Gasteiger partial charge in [0.25, 0.3) is 11.8 Å². The van der Waals surface area contributed by atoms with E-state index in [-0.39, 0.29) is 34.4 Å². The summed E-state index contributed by atoms with van der Waals surface area (Å²) < 4.78 is 45.7. The molecule has 0 saturated carbocycles. The van der Waals surface area contributed by atoms with Crippen LogP contribution in [0.5, 0.6) is 5.75 Å². The summed E-state index contributed by atoms with van der Waals surface area (Å²) in [7, 11) is 1.45. The summed E-state index contributed by atoms with van der Waals surface area (Å²) in [5, 5.41) is 14.4. The van der Waals surface area contributed by atoms with Crippen molar-refractivity contribution in [3.63, 3.8) is 0 Å². The Balaban J connectivity index is 1.66. The van der Waals surface area contributed by atoms with Crippen molar-refractivity contribution in [3.8, 4) is 5.75 Å². The number of piperidine rings is 1. The predicted molar refractivity (Wildman–Crippen MR) is 133 cm³/mol. The number of aliphatic hydroxyl groups excluding tert-OH is 1. The third kappa shape index (κ3) is 6.28. The zero-order chi connectivity index (χ0) is 28.3. The zero-order valence-electron chi connectivity index (χ0n) is 21.2. The average Bonchev–Trinajstić information content (AvgIpc) is 3.18. The molecule has 208 valence electrons. The lowest BCUT2D eigenvalue weighted by Crippen LogP contribution is -2.47. The largest absolute Gasteiger partial charge is 0.479 e. The zero-order valence-corrected chi connectivity index (χ0v) is 21.2. The van der Waals surface area contributed by atoms with Crippen LogP contribution >= 0.6 is 0 Å². The molecule has 1 saturated heterocycles. The molecule has 0 bridgehead atoms. The lowest BCUT2D eigenvalue weighted by atomic mass is 10.0. The van der Waals surface area contributed by atoms with Gasteiger partial charge in [-0.15, -0.1) is 0 Å². The standard InChI is InChI=1S/C25H27F3N6O5/c1-14-21(32-23(37)15-6-4-3-5-7-15)31-18-20(39-13-25(26,27)28)19(33(2)22(18)29-14)24(38)30-16-8-10-34(11-9-16)17(36)12-35/h3-7,16,35H,8-13H2,1-2H3,(H,30,38)(H,31,32,37). The van der Waals surface area contributed by atoms with Crippen molar-refractivity contribution in [3.05, 3.63) is 47.3 Å². The molecular weight excluding hydrogens is 521 g/mol. The van der Waals surface area contributed by atoms with Crippen molar-refractivity contribution in [2.45, 2.75) is 32.0 Å². The van der Waals surface area contributed by atoms with E-state index in [0.29, 0.717) is 31.5 Å². The van der Waals surface area contributed by atoms with Gasteiger partial charge >= 0.3 is 6.18 Å². The molecule has 0 radical (unpaired) electrons. The van der Waals surface area contributed by atoms with Gasteiger partial charge in [0.15, 0.2) is 35.0 Å². The van der Waals surface area contributed by atoms with Crippen LogP contribution in [0, 0.1) is 6.92 Å². The first-order valence-electron chi connectivity index (χ1n) is 12.1. The second-order valence-electron chi connectivity index (χ2n) is 9.08. The quantitative estimate of drug-likeness (QED) is 0.411. The Kier molecular flexibility index (Phi) is 8.04. The maximum Gasteiger partial charge on any atom is 0.422 e. The number of nitrogens with zero attached hydrogens (tertiary/aromatic N) is 4. The Bertz CT molecular complexity index is 1380. The first-order valence-corrected chi connectivity index (χ1v) is 12.1. The van der Waals surface area contributed by atoms with Gasteiger partial charge in [-0.3, -0.25) is 14.4 Å². The monoisotopic (exact) mass is 548 g/mol. The summed E-state index contributed by atoms with van der Waals surface area (Å²) in [6.07, 6.45) is -3.90. The number of aliphatic hydroxyl groups is 1. The van der Waals surface area contributed by atoms with Crippen molar-refractivity contribution in [2.75, 3.05) is 31.6 Å². The molecule has 1 fully saturated rings. The van der Waals surface area contributed by atoms with Crippen LogP contribution in [0.1, 0.15) is 39.4 Å². The van der Waals surface area contributed by atoms with Gasteiger partial charge in [0, 0.05) is 31.7 Å². The van der Waals surface area contributed by atoms with Crippen LogP contribution in [-0.2, 0) is 11.8 Å². The number of alkyl halides is 3. The number of rotatable bonds is 7. The number of carbonyl (C=O) groups excluding carboxylic acids is 3. The van der Waals surface area contributed by atoms with E-state index < -0.39 is 42.9 Å². The van der Waals surface area contributed by atoms with Gasteiger partial charge in [0.2, 0.25) is 5.91 Å². The van der Waals surface area contributed by atoms with Gasteiger partial charge in [0.05, 0.1) is 5.69 Å². The van der Waals surface area contributed by atoms with Crippen molar-refractivity contribution in [1.29, 1.82) is 0 Å². The third-order valence-electron chi connectivity index (χ3n) is 6.32. The number of fused-ring (bicyclic) bond motifs is 1. The number of anilines is 1. The van der Waals surface area contributed by atoms with Gasteiger partial charge in [-0.1, -0.05) is 18.2 Å². The van der Waals surface area contributed by atoms with Crippen molar-refractivity contribution in [1.82, 2.24) is 24.8 Å². The molecule has 0 spiro atoms. The minimum absolute atomic E-state index is 0.00620. The summed E-state index contributed by atoms with van der Waals surface area (Å²) in [6, 6.07) is 7.91.